The number of hydrogen-bond acceptors (Lipinski definition) is 3. The van der Waals surface area contributed by atoms with Crippen LogP contribution >= 0.6 is 0 Å². The van der Waals surface area contributed by atoms with Crippen LogP contribution in [0.15, 0.2) is 18.2 Å². The van der Waals surface area contributed by atoms with Crippen LogP contribution in [0.2, 0.25) is 0 Å². The van der Waals surface area contributed by atoms with Crippen LogP contribution in [0.4, 0.5) is 11.4 Å². The molecule has 1 heterocycles. The molecule has 0 bridgehead atoms. The van der Waals surface area contributed by atoms with Crippen molar-refractivity contribution in [3.63, 3.8) is 0 Å². The van der Waals surface area contributed by atoms with Crippen molar-refractivity contribution in [2.45, 2.75) is 20.3 Å². The molecule has 4 nitrogen and oxygen atoms in total. The standard InChI is InChI=1S/C14H20N2O2/c1-9-5-6-16(8-10(9)2)13-4-3-11(15)7-12(13)14(17)18/h3-4,7,9-10H,5-6,8,15H2,1-2H3,(H,17,18). The second kappa shape index (κ2) is 4.88. The molecule has 98 valence electrons. The molecule has 1 aliphatic heterocycles. The zero-order valence-electron chi connectivity index (χ0n) is 10.9. The summed E-state index contributed by atoms with van der Waals surface area (Å²) in [7, 11) is 0. The van der Waals surface area contributed by atoms with Gasteiger partial charge in [0.05, 0.1) is 11.3 Å². The summed E-state index contributed by atoms with van der Waals surface area (Å²) in [5.74, 6) is 0.366. The minimum atomic E-state index is -0.913. The van der Waals surface area contributed by atoms with E-state index in [9.17, 15) is 9.90 Å². The number of rotatable bonds is 2. The van der Waals surface area contributed by atoms with Crippen LogP contribution in [0.3, 0.4) is 0 Å². The summed E-state index contributed by atoms with van der Waals surface area (Å²) in [5.41, 5.74) is 7.25. The Labute approximate surface area is 107 Å². The summed E-state index contributed by atoms with van der Waals surface area (Å²) >= 11 is 0. The van der Waals surface area contributed by atoms with E-state index in [1.54, 1.807) is 12.1 Å². The maximum Gasteiger partial charge on any atom is 0.337 e. The lowest BCUT2D eigenvalue weighted by Gasteiger charge is -2.37. The summed E-state index contributed by atoms with van der Waals surface area (Å²) < 4.78 is 0. The lowest BCUT2D eigenvalue weighted by atomic mass is 9.88. The molecule has 0 saturated carbocycles. The van der Waals surface area contributed by atoms with Crippen LogP contribution in [-0.4, -0.2) is 24.2 Å². The number of hydrogen-bond donors (Lipinski definition) is 2. The Bertz CT molecular complexity index is 459. The van der Waals surface area contributed by atoms with Crippen LogP contribution < -0.4 is 10.6 Å². The third-order valence-electron chi connectivity index (χ3n) is 3.93. The lowest BCUT2D eigenvalue weighted by molar-refractivity contribution is 0.0697. The number of carboxylic acid groups (broad SMARTS) is 1. The fourth-order valence-electron chi connectivity index (χ4n) is 2.48. The van der Waals surface area contributed by atoms with Crippen molar-refractivity contribution in [1.29, 1.82) is 0 Å². The molecule has 1 aromatic rings. The predicted octanol–water partition coefficient (Wildman–Crippen LogP) is 2.45. The van der Waals surface area contributed by atoms with Crippen LogP contribution in [0.25, 0.3) is 0 Å². The fourth-order valence-corrected chi connectivity index (χ4v) is 2.48. The smallest absolute Gasteiger partial charge is 0.337 e. The van der Waals surface area contributed by atoms with Gasteiger partial charge in [0, 0.05) is 18.8 Å². The van der Waals surface area contributed by atoms with E-state index in [0.29, 0.717) is 23.1 Å². The average Bonchev–Trinajstić information content (AvgIpc) is 2.32. The second-order valence-electron chi connectivity index (χ2n) is 5.27. The Morgan fingerprint density at radius 1 is 1.39 bits per heavy atom. The number of nitrogens with zero attached hydrogens (tertiary/aromatic N) is 1. The molecule has 2 atom stereocenters. The van der Waals surface area contributed by atoms with Gasteiger partial charge in [-0.25, -0.2) is 4.79 Å². The molecule has 2 unspecified atom stereocenters. The zero-order valence-corrected chi connectivity index (χ0v) is 10.9. The highest BCUT2D eigenvalue weighted by Crippen LogP contribution is 2.30. The van der Waals surface area contributed by atoms with E-state index in [-0.39, 0.29) is 0 Å². The maximum absolute atomic E-state index is 11.3. The van der Waals surface area contributed by atoms with Crippen molar-refractivity contribution in [3.8, 4) is 0 Å². The van der Waals surface area contributed by atoms with Gasteiger partial charge in [0.25, 0.3) is 0 Å². The summed E-state index contributed by atoms with van der Waals surface area (Å²) in [6.45, 7) is 6.29. The van der Waals surface area contributed by atoms with Gasteiger partial charge in [0.2, 0.25) is 0 Å². The maximum atomic E-state index is 11.3. The first-order valence-corrected chi connectivity index (χ1v) is 6.37. The van der Waals surface area contributed by atoms with Gasteiger partial charge >= 0.3 is 5.97 Å². The van der Waals surface area contributed by atoms with Gasteiger partial charge in [-0.2, -0.15) is 0 Å². The number of carbonyl (C=O) groups is 1. The molecule has 0 radical (unpaired) electrons. The van der Waals surface area contributed by atoms with Gasteiger partial charge in [-0.1, -0.05) is 13.8 Å². The monoisotopic (exact) mass is 248 g/mol. The minimum Gasteiger partial charge on any atom is -0.478 e. The van der Waals surface area contributed by atoms with Crippen molar-refractivity contribution in [1.82, 2.24) is 0 Å². The van der Waals surface area contributed by atoms with Crippen molar-refractivity contribution < 1.29 is 9.90 Å². The summed E-state index contributed by atoms with van der Waals surface area (Å²) in [6.07, 6.45) is 1.10. The first-order valence-electron chi connectivity index (χ1n) is 6.37. The number of carboxylic acids is 1. The van der Waals surface area contributed by atoms with E-state index in [4.69, 9.17) is 5.73 Å². The van der Waals surface area contributed by atoms with Gasteiger partial charge in [-0.05, 0) is 36.5 Å². The fraction of sp³-hybridized carbons (Fsp3) is 0.500. The number of nitrogens with two attached hydrogens (primary N) is 1. The molecule has 4 heteroatoms. The SMILES string of the molecule is CC1CCN(c2ccc(N)cc2C(=O)O)CC1C. The molecule has 2 rings (SSSR count). The van der Waals surface area contributed by atoms with Gasteiger partial charge in [-0.15, -0.1) is 0 Å². The van der Waals surface area contributed by atoms with Crippen LogP contribution in [-0.2, 0) is 0 Å². The Balaban J connectivity index is 2.30. The van der Waals surface area contributed by atoms with Crippen LogP contribution in [0.5, 0.6) is 0 Å². The van der Waals surface area contributed by atoms with E-state index in [0.717, 1.165) is 25.2 Å². The van der Waals surface area contributed by atoms with E-state index in [2.05, 4.69) is 18.7 Å². The molecule has 1 aromatic carbocycles. The Kier molecular flexibility index (Phi) is 3.45. The van der Waals surface area contributed by atoms with E-state index >= 15 is 0 Å². The average molecular weight is 248 g/mol. The Hall–Kier alpha value is -1.71. The first kappa shape index (κ1) is 12.7. The normalized spacial score (nSPS) is 24.0. The van der Waals surface area contributed by atoms with Gasteiger partial charge in [0.1, 0.15) is 0 Å². The quantitative estimate of drug-likeness (QED) is 0.789. The molecule has 3 N–H and O–H groups in total. The zero-order chi connectivity index (χ0) is 13.3. The lowest BCUT2D eigenvalue weighted by Crippen LogP contribution is -2.39. The third kappa shape index (κ3) is 2.42. The van der Waals surface area contributed by atoms with Crippen molar-refractivity contribution >= 4 is 17.3 Å². The molecule has 0 aromatic heterocycles. The molecule has 0 amide bonds. The molecular weight excluding hydrogens is 228 g/mol. The highest BCUT2D eigenvalue weighted by Gasteiger charge is 2.25. The first-order chi connectivity index (χ1) is 8.49. The molecule has 18 heavy (non-hydrogen) atoms. The van der Waals surface area contributed by atoms with E-state index in [1.807, 2.05) is 6.07 Å². The molecule has 1 fully saturated rings. The molecular formula is C14H20N2O2. The second-order valence-corrected chi connectivity index (χ2v) is 5.27. The van der Waals surface area contributed by atoms with Gasteiger partial charge in [0.15, 0.2) is 0 Å². The largest absolute Gasteiger partial charge is 0.478 e. The van der Waals surface area contributed by atoms with E-state index in [1.165, 1.54) is 0 Å². The van der Waals surface area contributed by atoms with Crippen molar-refractivity contribution in [3.05, 3.63) is 23.8 Å². The summed E-state index contributed by atoms with van der Waals surface area (Å²) in [5, 5.41) is 9.26. The number of aromatic carboxylic acids is 1. The molecule has 1 saturated heterocycles. The van der Waals surface area contributed by atoms with Crippen LogP contribution in [0.1, 0.15) is 30.6 Å². The number of nitrogen functional groups attached to an aromatic ring is 1. The summed E-state index contributed by atoms with van der Waals surface area (Å²) in [6, 6.07) is 5.13. The third-order valence-corrected chi connectivity index (χ3v) is 3.93. The highest BCUT2D eigenvalue weighted by molar-refractivity contribution is 5.95. The van der Waals surface area contributed by atoms with Gasteiger partial charge in [-0.3, -0.25) is 0 Å². The molecule has 0 spiro atoms. The predicted molar refractivity (Wildman–Crippen MR) is 73.0 cm³/mol. The number of anilines is 2. The molecule has 1 aliphatic rings. The summed E-state index contributed by atoms with van der Waals surface area (Å²) in [4.78, 5) is 13.4. The number of benzene rings is 1. The van der Waals surface area contributed by atoms with Crippen molar-refractivity contribution in [2.75, 3.05) is 23.7 Å². The Morgan fingerprint density at radius 2 is 2.11 bits per heavy atom. The minimum absolute atomic E-state index is 0.303. The van der Waals surface area contributed by atoms with E-state index < -0.39 is 5.97 Å². The topological polar surface area (TPSA) is 66.6 Å². The van der Waals surface area contributed by atoms with Crippen molar-refractivity contribution in [2.24, 2.45) is 11.8 Å². The Morgan fingerprint density at radius 3 is 2.72 bits per heavy atom. The molecule has 0 aliphatic carbocycles. The van der Waals surface area contributed by atoms with Gasteiger partial charge < -0.3 is 15.7 Å². The van der Waals surface area contributed by atoms with Crippen LogP contribution in [0, 0.1) is 11.8 Å². The number of piperidine rings is 1. The highest BCUT2D eigenvalue weighted by atomic mass is 16.4.